The molecule has 4 fully saturated rings. The summed E-state index contributed by atoms with van der Waals surface area (Å²) in [7, 11) is 0. The van der Waals surface area contributed by atoms with E-state index in [1.807, 2.05) is 74.5 Å². The second-order valence-electron chi connectivity index (χ2n) is 10.4. The quantitative estimate of drug-likeness (QED) is 0.518. The van der Waals surface area contributed by atoms with E-state index in [2.05, 4.69) is 0 Å². The van der Waals surface area contributed by atoms with Gasteiger partial charge in [-0.05, 0) is 60.8 Å². The van der Waals surface area contributed by atoms with E-state index in [1.54, 1.807) is 0 Å². The second kappa shape index (κ2) is 6.53. The van der Waals surface area contributed by atoms with Crippen molar-refractivity contribution >= 4 is 35.0 Å². The summed E-state index contributed by atoms with van der Waals surface area (Å²) < 4.78 is 0. The summed E-state index contributed by atoms with van der Waals surface area (Å²) in [6.07, 6.45) is 4.09. The first-order valence-electron chi connectivity index (χ1n) is 12.0. The molecule has 2 aromatic carbocycles. The van der Waals surface area contributed by atoms with E-state index in [4.69, 9.17) is 0 Å². The number of nitrogens with zero attached hydrogens (tertiary/aromatic N) is 2. The van der Waals surface area contributed by atoms with Gasteiger partial charge in [-0.1, -0.05) is 48.6 Å². The van der Waals surface area contributed by atoms with Gasteiger partial charge in [0.1, 0.15) is 0 Å². The third-order valence-corrected chi connectivity index (χ3v) is 9.06. The maximum absolute atomic E-state index is 13.6. The molecule has 2 aromatic rings. The average Bonchev–Trinajstić information content (AvgIpc) is 3.19. The highest BCUT2D eigenvalue weighted by Crippen LogP contribution is 2.68. The van der Waals surface area contributed by atoms with E-state index < -0.39 is 23.7 Å². The van der Waals surface area contributed by atoms with Crippen molar-refractivity contribution in [1.82, 2.24) is 0 Å². The van der Waals surface area contributed by atoms with Crippen LogP contribution in [-0.2, 0) is 19.2 Å². The lowest BCUT2D eigenvalue weighted by molar-refractivity contribution is -0.166. The molecule has 4 amide bonds. The predicted octanol–water partition coefficient (Wildman–Crippen LogP) is 3.28. The molecule has 4 aliphatic carbocycles. The van der Waals surface area contributed by atoms with Crippen LogP contribution in [0.1, 0.15) is 11.1 Å². The maximum Gasteiger partial charge on any atom is 0.238 e. The number of rotatable bonds is 2. The lowest BCUT2D eigenvalue weighted by atomic mass is 9.40. The Balaban J connectivity index is 1.27. The van der Waals surface area contributed by atoms with Gasteiger partial charge in [0, 0.05) is 0 Å². The smallest absolute Gasteiger partial charge is 0.238 e. The molecule has 2 aliphatic heterocycles. The lowest BCUT2D eigenvalue weighted by Crippen LogP contribution is -2.63. The number of carbonyl (C=O) groups excluding carboxylic acids is 4. The van der Waals surface area contributed by atoms with E-state index in [0.29, 0.717) is 11.4 Å². The molecule has 6 aliphatic rings. The standard InChI is InChI=1S/C28H24N2O4/c1-13-7-3-5-9-17(13)29-25(31)21-15-11-12-16(22(21)26(29)32)20-19(15)23-24(20)28(34)30(27(23)33)18-10-6-4-8-14(18)2/h3-12,15-16,19-24H,1-2H3/t15-,16-,19-,20-,21+,22+,23-,24-/m1/s1. The highest BCUT2D eigenvalue weighted by atomic mass is 16.2. The van der Waals surface area contributed by atoms with Crippen molar-refractivity contribution in [3.05, 3.63) is 71.8 Å². The van der Waals surface area contributed by atoms with E-state index in [-0.39, 0.29) is 47.3 Å². The first kappa shape index (κ1) is 19.9. The largest absolute Gasteiger partial charge is 0.274 e. The summed E-state index contributed by atoms with van der Waals surface area (Å²) in [4.78, 5) is 57.1. The van der Waals surface area contributed by atoms with Crippen LogP contribution in [-0.4, -0.2) is 23.6 Å². The van der Waals surface area contributed by atoms with Gasteiger partial charge in [0.2, 0.25) is 23.6 Å². The molecule has 2 saturated carbocycles. The van der Waals surface area contributed by atoms with Crippen molar-refractivity contribution in [2.24, 2.45) is 47.3 Å². The average molecular weight is 453 g/mol. The van der Waals surface area contributed by atoms with Gasteiger partial charge in [0.15, 0.2) is 0 Å². The van der Waals surface area contributed by atoms with Crippen molar-refractivity contribution in [2.75, 3.05) is 9.80 Å². The number of aryl methyl sites for hydroxylation is 2. The molecule has 2 heterocycles. The fourth-order valence-corrected chi connectivity index (χ4v) is 7.70. The van der Waals surface area contributed by atoms with Gasteiger partial charge in [-0.2, -0.15) is 0 Å². The molecule has 0 unspecified atom stereocenters. The molecular weight excluding hydrogens is 428 g/mol. The Morgan fingerprint density at radius 1 is 0.529 bits per heavy atom. The first-order chi connectivity index (χ1) is 16.4. The molecule has 6 nitrogen and oxygen atoms in total. The molecule has 6 heteroatoms. The normalized spacial score (nSPS) is 37.1. The zero-order valence-corrected chi connectivity index (χ0v) is 18.9. The summed E-state index contributed by atoms with van der Waals surface area (Å²) in [6.45, 7) is 3.80. The van der Waals surface area contributed by atoms with Crippen molar-refractivity contribution in [3.8, 4) is 0 Å². The van der Waals surface area contributed by atoms with Crippen molar-refractivity contribution in [1.29, 1.82) is 0 Å². The monoisotopic (exact) mass is 452 g/mol. The Morgan fingerprint density at radius 2 is 0.882 bits per heavy atom. The van der Waals surface area contributed by atoms with Crippen LogP contribution in [0.2, 0.25) is 0 Å². The van der Waals surface area contributed by atoms with Crippen LogP contribution in [0, 0.1) is 61.2 Å². The van der Waals surface area contributed by atoms with Crippen molar-refractivity contribution < 1.29 is 19.2 Å². The minimum Gasteiger partial charge on any atom is -0.274 e. The molecule has 0 N–H and O–H groups in total. The fraction of sp³-hybridized carbons (Fsp3) is 0.357. The number of anilines is 2. The van der Waals surface area contributed by atoms with E-state index >= 15 is 0 Å². The maximum atomic E-state index is 13.6. The topological polar surface area (TPSA) is 74.8 Å². The summed E-state index contributed by atoms with van der Waals surface area (Å²) in [6, 6.07) is 14.9. The molecule has 170 valence electrons. The number of carbonyl (C=O) groups is 4. The number of hydrogen-bond acceptors (Lipinski definition) is 4. The molecular formula is C28H24N2O4. The van der Waals surface area contributed by atoms with Gasteiger partial charge in [-0.25, -0.2) is 9.80 Å². The minimum absolute atomic E-state index is 0.0692. The predicted molar refractivity (Wildman–Crippen MR) is 124 cm³/mol. The first-order valence-corrected chi connectivity index (χ1v) is 12.0. The summed E-state index contributed by atoms with van der Waals surface area (Å²) in [5.41, 5.74) is 3.03. The minimum atomic E-state index is -0.459. The van der Waals surface area contributed by atoms with Gasteiger partial charge in [-0.3, -0.25) is 19.2 Å². The van der Waals surface area contributed by atoms with Gasteiger partial charge in [0.05, 0.1) is 35.0 Å². The van der Waals surface area contributed by atoms with Gasteiger partial charge >= 0.3 is 0 Å². The molecule has 2 saturated heterocycles. The highest BCUT2D eigenvalue weighted by Gasteiger charge is 2.75. The Hall–Kier alpha value is -3.54. The number of amides is 4. The number of allylic oxidation sites excluding steroid dienone is 2. The van der Waals surface area contributed by atoms with Crippen LogP contribution >= 0.6 is 0 Å². The molecule has 0 aromatic heterocycles. The van der Waals surface area contributed by atoms with Crippen LogP contribution in [0.4, 0.5) is 11.4 Å². The summed E-state index contributed by atoms with van der Waals surface area (Å²) in [5, 5.41) is 0. The van der Waals surface area contributed by atoms with E-state index in [9.17, 15) is 19.2 Å². The zero-order valence-electron chi connectivity index (χ0n) is 18.9. The molecule has 0 radical (unpaired) electrons. The molecule has 0 spiro atoms. The highest BCUT2D eigenvalue weighted by molar-refractivity contribution is 6.25. The Bertz CT molecular complexity index is 1290. The Labute approximate surface area is 197 Å². The summed E-state index contributed by atoms with van der Waals surface area (Å²) in [5.74, 6) is -2.92. The van der Waals surface area contributed by atoms with Crippen LogP contribution in [0.5, 0.6) is 0 Å². The summed E-state index contributed by atoms with van der Waals surface area (Å²) >= 11 is 0. The van der Waals surface area contributed by atoms with Crippen LogP contribution in [0.3, 0.4) is 0 Å². The van der Waals surface area contributed by atoms with Gasteiger partial charge in [-0.15, -0.1) is 0 Å². The van der Waals surface area contributed by atoms with Crippen LogP contribution in [0.15, 0.2) is 60.7 Å². The number of fused-ring (bicyclic) bond motifs is 1. The molecule has 8 rings (SSSR count). The fourth-order valence-electron chi connectivity index (χ4n) is 7.70. The molecule has 34 heavy (non-hydrogen) atoms. The molecule has 8 atom stereocenters. The Kier molecular flexibility index (Phi) is 3.82. The van der Waals surface area contributed by atoms with E-state index in [1.165, 1.54) is 9.80 Å². The van der Waals surface area contributed by atoms with Crippen molar-refractivity contribution in [3.63, 3.8) is 0 Å². The van der Waals surface area contributed by atoms with Gasteiger partial charge in [0.25, 0.3) is 0 Å². The number of para-hydroxylation sites is 2. The second-order valence-corrected chi connectivity index (χ2v) is 10.4. The number of hydrogen-bond donors (Lipinski definition) is 0. The zero-order chi connectivity index (χ0) is 23.5. The third-order valence-electron chi connectivity index (χ3n) is 9.06. The van der Waals surface area contributed by atoms with Crippen LogP contribution < -0.4 is 9.80 Å². The van der Waals surface area contributed by atoms with Crippen LogP contribution in [0.25, 0.3) is 0 Å². The van der Waals surface area contributed by atoms with Gasteiger partial charge < -0.3 is 0 Å². The third kappa shape index (κ3) is 2.17. The number of benzene rings is 2. The Morgan fingerprint density at radius 3 is 1.26 bits per heavy atom. The number of imide groups is 2. The lowest BCUT2D eigenvalue weighted by Gasteiger charge is -2.60. The molecule has 2 bridgehead atoms. The van der Waals surface area contributed by atoms with E-state index in [0.717, 1.165) is 11.1 Å². The SMILES string of the molecule is Cc1ccccc1N1C(=O)[C@H]2[C@@H]3C=C[C@@H]([C@@H]2C1=O)[C@H]1[C@H]2C(=O)N(c4ccccc4C)C(=O)[C@@H]2[C@H]31. The van der Waals surface area contributed by atoms with Crippen molar-refractivity contribution in [2.45, 2.75) is 13.8 Å².